The third kappa shape index (κ3) is 6.62. The first kappa shape index (κ1) is 38.1. The van der Waals surface area contributed by atoms with Gasteiger partial charge < -0.3 is 19.7 Å². The van der Waals surface area contributed by atoms with E-state index in [1.807, 2.05) is 12.2 Å². The Morgan fingerprint density at radius 3 is 2.51 bits per heavy atom. The predicted octanol–water partition coefficient (Wildman–Crippen LogP) is 12.2. The van der Waals surface area contributed by atoms with Crippen LogP contribution in [0.1, 0.15) is 101 Å². The van der Waals surface area contributed by atoms with E-state index in [1.54, 1.807) is 0 Å². The number of ether oxygens (including phenoxy) is 2. The van der Waals surface area contributed by atoms with E-state index in [0.29, 0.717) is 71.1 Å². The Kier molecular flexibility index (Phi) is 9.75. The number of benzene rings is 1. The molecule has 61 heavy (non-hydrogen) atoms. The van der Waals surface area contributed by atoms with E-state index >= 15 is 0 Å². The maximum atomic E-state index is 10.7. The zero-order valence-corrected chi connectivity index (χ0v) is 35.6. The Morgan fingerprint density at radius 1 is 0.721 bits per heavy atom. The van der Waals surface area contributed by atoms with Crippen molar-refractivity contribution < 1.29 is 19.7 Å². The standard InChI is InChI=1S/C56H61BO4/c58-41-22-23-43-39(30-41)20-26-46-52(43)50(37-16-12-35(13-17-37)33-8-4-1-2-5-9-33)53-44-24-29-48-54(45(44)25-28-47(53)60-46)51(38-18-14-36(15-19-38)34-10-6-3-7-11-34)55-49(61-48)27-21-40-31-42(59)32-57-56(40)55/h3-4,6-8,10,12-14,16,18,21-24,27,30-31,33-34,36-39,43,46,48,50-52,57-59H,1-2,5,9,11,15,17,19-20,25-26,28-29,32H2/t33-,34?,36?,37?,38?,39+,43?,46?,48?,50?,51?,52?/m0/s1. The molecule has 1 fully saturated rings. The smallest absolute Gasteiger partial charge is 0.167 e. The molecule has 3 aliphatic heterocycles. The lowest BCUT2D eigenvalue weighted by Crippen LogP contribution is -2.49. The molecule has 10 unspecified atom stereocenters. The first-order chi connectivity index (χ1) is 30.1. The molecule has 312 valence electrons. The lowest BCUT2D eigenvalue weighted by atomic mass is 9.54. The predicted molar refractivity (Wildman–Crippen MR) is 248 cm³/mol. The summed E-state index contributed by atoms with van der Waals surface area (Å²) in [6, 6.07) is 4.40. The van der Waals surface area contributed by atoms with Crippen molar-refractivity contribution in [2.45, 2.75) is 108 Å². The summed E-state index contributed by atoms with van der Waals surface area (Å²) < 4.78 is 14.5. The zero-order valence-electron chi connectivity index (χ0n) is 35.6. The number of aliphatic hydroxyl groups is 2. The zero-order chi connectivity index (χ0) is 40.6. The van der Waals surface area contributed by atoms with Gasteiger partial charge in [-0.2, -0.15) is 0 Å². The summed E-state index contributed by atoms with van der Waals surface area (Å²) >= 11 is 0. The van der Waals surface area contributed by atoms with Crippen LogP contribution in [0.3, 0.4) is 0 Å². The maximum Gasteiger partial charge on any atom is 0.167 e. The van der Waals surface area contributed by atoms with E-state index in [9.17, 15) is 10.2 Å². The van der Waals surface area contributed by atoms with Gasteiger partial charge in [0.1, 0.15) is 29.5 Å². The van der Waals surface area contributed by atoms with E-state index in [0.717, 1.165) is 63.5 Å². The SMILES string of the molecule is OC1=C[C@H]2CCC3OC4=C(C5=CCC6Oc7ccc8c(c7C(C7C=CC(C9C=CC=CC9)CC7)C6=C5CC4)BCC(O)=C8)C(C4C=CC([C@H]5C=CCCCC5)=CC4)C3C2C=C1. The fraction of sp³-hybridized carbons (Fsp3) is 0.464. The Labute approximate surface area is 363 Å². The fourth-order valence-corrected chi connectivity index (χ4v) is 14.2. The van der Waals surface area contributed by atoms with E-state index in [4.69, 9.17) is 9.47 Å². The van der Waals surface area contributed by atoms with Crippen molar-refractivity contribution in [2.24, 2.45) is 53.3 Å². The normalized spacial score (nSPS) is 38.0. The fourth-order valence-electron chi connectivity index (χ4n) is 14.2. The third-order valence-electron chi connectivity index (χ3n) is 17.0. The summed E-state index contributed by atoms with van der Waals surface area (Å²) in [5.41, 5.74) is 11.5. The van der Waals surface area contributed by atoms with Crippen LogP contribution >= 0.6 is 0 Å². The van der Waals surface area contributed by atoms with Gasteiger partial charge in [-0.3, -0.25) is 0 Å². The van der Waals surface area contributed by atoms with Crippen molar-refractivity contribution in [3.05, 3.63) is 160 Å². The summed E-state index contributed by atoms with van der Waals surface area (Å²) in [7, 11) is 0.851. The maximum absolute atomic E-state index is 10.7. The summed E-state index contributed by atoms with van der Waals surface area (Å²) in [5.74, 6) is 7.31. The molecule has 5 heteroatoms. The topological polar surface area (TPSA) is 58.9 Å². The Balaban J connectivity index is 0.968. The molecule has 11 aliphatic rings. The van der Waals surface area contributed by atoms with Gasteiger partial charge in [-0.05, 0) is 164 Å². The number of hydrogen-bond donors (Lipinski definition) is 2. The molecule has 12 atom stereocenters. The summed E-state index contributed by atoms with van der Waals surface area (Å²) in [6.07, 6.45) is 53.5. The number of allylic oxidation sites excluding steroid dienone is 20. The molecule has 2 N–H and O–H groups in total. The second-order valence-electron chi connectivity index (χ2n) is 20.2. The van der Waals surface area contributed by atoms with Crippen LogP contribution in [0.5, 0.6) is 5.75 Å². The van der Waals surface area contributed by atoms with Crippen LogP contribution in [-0.2, 0) is 4.74 Å². The van der Waals surface area contributed by atoms with E-state index in [-0.39, 0.29) is 18.1 Å². The van der Waals surface area contributed by atoms with Crippen molar-refractivity contribution in [1.29, 1.82) is 0 Å². The van der Waals surface area contributed by atoms with Gasteiger partial charge in [0.05, 0.1) is 5.76 Å². The number of aliphatic hydroxyl groups excluding tert-OH is 2. The Morgan fingerprint density at radius 2 is 1.64 bits per heavy atom. The molecule has 0 amide bonds. The van der Waals surface area contributed by atoms with Crippen molar-refractivity contribution in [2.75, 3.05) is 0 Å². The quantitative estimate of drug-likeness (QED) is 0.235. The van der Waals surface area contributed by atoms with Gasteiger partial charge in [-0.15, -0.1) is 0 Å². The summed E-state index contributed by atoms with van der Waals surface area (Å²) in [4.78, 5) is 0. The molecule has 0 bridgehead atoms. The Hall–Kier alpha value is -4.64. The molecule has 4 nitrogen and oxygen atoms in total. The number of hydrogen-bond acceptors (Lipinski definition) is 4. The Bertz CT molecular complexity index is 2370. The highest BCUT2D eigenvalue weighted by Crippen LogP contribution is 2.60. The third-order valence-corrected chi connectivity index (χ3v) is 17.0. The minimum atomic E-state index is 0.0263. The van der Waals surface area contributed by atoms with Crippen LogP contribution in [0.15, 0.2) is 148 Å². The van der Waals surface area contributed by atoms with Gasteiger partial charge >= 0.3 is 0 Å². The van der Waals surface area contributed by atoms with Gasteiger partial charge in [0.15, 0.2) is 7.28 Å². The van der Waals surface area contributed by atoms with Crippen molar-refractivity contribution in [1.82, 2.24) is 0 Å². The average molecular weight is 809 g/mol. The molecule has 0 saturated heterocycles. The number of fused-ring (bicyclic) bond motifs is 9. The van der Waals surface area contributed by atoms with Crippen molar-refractivity contribution >= 4 is 18.8 Å². The van der Waals surface area contributed by atoms with Crippen LogP contribution in [-0.4, -0.2) is 29.7 Å². The molecule has 0 spiro atoms. The van der Waals surface area contributed by atoms with E-state index in [1.165, 1.54) is 83.2 Å². The van der Waals surface area contributed by atoms with Gasteiger partial charge in [-0.25, -0.2) is 0 Å². The molecule has 8 aliphatic carbocycles. The van der Waals surface area contributed by atoms with Crippen LogP contribution in [0.4, 0.5) is 0 Å². The van der Waals surface area contributed by atoms with Crippen LogP contribution in [0, 0.1) is 53.3 Å². The van der Waals surface area contributed by atoms with Crippen LogP contribution < -0.4 is 10.2 Å². The average Bonchev–Trinajstić information content (AvgIpc) is 3.60. The molecule has 1 saturated carbocycles. The first-order valence-electron chi connectivity index (χ1n) is 24.3. The molecular weight excluding hydrogens is 747 g/mol. The summed E-state index contributed by atoms with van der Waals surface area (Å²) in [6.45, 7) is 0. The van der Waals surface area contributed by atoms with E-state index in [2.05, 4.69) is 97.2 Å². The highest BCUT2D eigenvalue weighted by atomic mass is 16.5. The minimum absolute atomic E-state index is 0.0263. The molecule has 3 heterocycles. The second kappa shape index (κ2) is 15.6. The largest absolute Gasteiger partial charge is 0.513 e. The highest BCUT2D eigenvalue weighted by molar-refractivity contribution is 6.57. The molecule has 1 aromatic rings. The van der Waals surface area contributed by atoms with Crippen molar-refractivity contribution in [3.8, 4) is 5.75 Å². The van der Waals surface area contributed by atoms with Gasteiger partial charge in [0.25, 0.3) is 0 Å². The summed E-state index contributed by atoms with van der Waals surface area (Å²) in [5, 5.41) is 21.4. The molecule has 1 aromatic carbocycles. The lowest BCUT2D eigenvalue weighted by Gasteiger charge is -2.54. The molecule has 0 aromatic heterocycles. The van der Waals surface area contributed by atoms with Crippen molar-refractivity contribution in [3.63, 3.8) is 0 Å². The molecular formula is C56H61BO4. The number of rotatable bonds is 4. The first-order valence-corrected chi connectivity index (χ1v) is 24.3. The second-order valence-corrected chi connectivity index (χ2v) is 20.2. The van der Waals surface area contributed by atoms with Crippen LogP contribution in [0.2, 0.25) is 6.32 Å². The monoisotopic (exact) mass is 808 g/mol. The van der Waals surface area contributed by atoms with E-state index < -0.39 is 0 Å². The van der Waals surface area contributed by atoms with Gasteiger partial charge in [0, 0.05) is 42.1 Å². The minimum Gasteiger partial charge on any atom is -0.513 e. The van der Waals surface area contributed by atoms with Gasteiger partial charge in [-0.1, -0.05) is 96.9 Å². The lowest BCUT2D eigenvalue weighted by molar-refractivity contribution is -0.0513. The molecule has 12 rings (SSSR count). The molecule has 0 radical (unpaired) electrons. The highest BCUT2D eigenvalue weighted by Gasteiger charge is 2.53. The van der Waals surface area contributed by atoms with Gasteiger partial charge in [0.2, 0.25) is 0 Å². The van der Waals surface area contributed by atoms with Crippen LogP contribution in [0.25, 0.3) is 6.08 Å².